The number of nitrogens with one attached hydrogen (secondary N) is 1. The first-order valence-electron chi connectivity index (χ1n) is 11.8. The summed E-state index contributed by atoms with van der Waals surface area (Å²) in [6.07, 6.45) is 2.09. The molecule has 0 spiro atoms. The second-order valence-electron chi connectivity index (χ2n) is 9.12. The number of benzene rings is 3. The zero-order valence-electron chi connectivity index (χ0n) is 20.4. The molecular formula is C28H29FN4O3. The summed E-state index contributed by atoms with van der Waals surface area (Å²) >= 11 is 0. The largest absolute Gasteiger partial charge is 0.355 e. The Kier molecular flexibility index (Phi) is 7.75. The molecule has 8 heteroatoms. The molecule has 0 bridgehead atoms. The number of fused-ring (bicyclic) bond motifs is 1. The maximum atomic E-state index is 13.7. The van der Waals surface area contributed by atoms with Gasteiger partial charge in [-0.3, -0.25) is 14.9 Å². The van der Waals surface area contributed by atoms with Gasteiger partial charge in [-0.05, 0) is 49.0 Å². The van der Waals surface area contributed by atoms with Crippen molar-refractivity contribution in [3.8, 4) is 0 Å². The van der Waals surface area contributed by atoms with E-state index in [2.05, 4.69) is 5.32 Å². The number of likely N-dealkylation sites (N-methyl/N-ethyl adjacent to an activating group) is 1. The maximum absolute atomic E-state index is 13.7. The van der Waals surface area contributed by atoms with Gasteiger partial charge in [-0.1, -0.05) is 42.5 Å². The number of rotatable bonds is 10. The third-order valence-electron chi connectivity index (χ3n) is 6.22. The van der Waals surface area contributed by atoms with Gasteiger partial charge < -0.3 is 14.8 Å². The molecule has 1 heterocycles. The van der Waals surface area contributed by atoms with E-state index in [9.17, 15) is 19.3 Å². The van der Waals surface area contributed by atoms with Crippen LogP contribution in [0.15, 0.2) is 79.0 Å². The van der Waals surface area contributed by atoms with E-state index in [1.165, 1.54) is 18.2 Å². The van der Waals surface area contributed by atoms with Gasteiger partial charge in [-0.2, -0.15) is 0 Å². The van der Waals surface area contributed by atoms with Crippen LogP contribution >= 0.6 is 0 Å². The number of amides is 1. The minimum absolute atomic E-state index is 0.0190. The number of hydrogen-bond acceptors (Lipinski definition) is 4. The first-order valence-corrected chi connectivity index (χ1v) is 11.8. The average Bonchev–Trinajstić information content (AvgIpc) is 3.21. The maximum Gasteiger partial charge on any atom is 0.270 e. The second-order valence-corrected chi connectivity index (χ2v) is 9.12. The smallest absolute Gasteiger partial charge is 0.270 e. The lowest BCUT2D eigenvalue weighted by molar-refractivity contribution is -0.384. The molecule has 1 N–H and O–H groups in total. The van der Waals surface area contributed by atoms with Crippen LogP contribution in [0.25, 0.3) is 10.9 Å². The summed E-state index contributed by atoms with van der Waals surface area (Å²) in [6.45, 7) is 1.78. The van der Waals surface area contributed by atoms with Crippen LogP contribution in [-0.4, -0.2) is 47.5 Å². The van der Waals surface area contributed by atoms with E-state index in [-0.39, 0.29) is 23.8 Å². The Morgan fingerprint density at radius 3 is 2.47 bits per heavy atom. The van der Waals surface area contributed by atoms with Gasteiger partial charge in [0.25, 0.3) is 5.69 Å². The predicted molar refractivity (Wildman–Crippen MR) is 139 cm³/mol. The molecule has 7 nitrogen and oxygen atoms in total. The van der Waals surface area contributed by atoms with Crippen LogP contribution in [0, 0.1) is 15.9 Å². The van der Waals surface area contributed by atoms with Crippen LogP contribution in [0.1, 0.15) is 29.0 Å². The number of hydrogen-bond donors (Lipinski definition) is 1. The number of carbonyl (C=O) groups excluding carboxylic acids is 1. The Morgan fingerprint density at radius 2 is 1.81 bits per heavy atom. The van der Waals surface area contributed by atoms with Crippen molar-refractivity contribution in [3.63, 3.8) is 0 Å². The molecule has 4 aromatic rings. The Morgan fingerprint density at radius 1 is 1.08 bits per heavy atom. The molecule has 1 atom stereocenters. The van der Waals surface area contributed by atoms with Gasteiger partial charge in [0, 0.05) is 61.2 Å². The summed E-state index contributed by atoms with van der Waals surface area (Å²) in [5, 5.41) is 15.2. The third kappa shape index (κ3) is 5.95. The standard InChI is InChI=1S/C28H29FN4O3/c1-31(2)15-14-30-28(34)17-24(21-8-10-22(29)11-9-21)26-19-32(18-20-6-4-3-5-7-20)27-13-12-23(33(35)36)16-25(26)27/h3-13,16,19,24H,14-15,17-18H2,1-2H3,(H,30,34). The Labute approximate surface area is 209 Å². The molecule has 0 saturated carbocycles. The van der Waals surface area contributed by atoms with Crippen molar-refractivity contribution < 1.29 is 14.1 Å². The van der Waals surface area contributed by atoms with Crippen LogP contribution in [0.4, 0.5) is 10.1 Å². The predicted octanol–water partition coefficient (Wildman–Crippen LogP) is 4.94. The highest BCUT2D eigenvalue weighted by atomic mass is 19.1. The van der Waals surface area contributed by atoms with Crippen molar-refractivity contribution >= 4 is 22.5 Å². The minimum Gasteiger partial charge on any atom is -0.355 e. The first kappa shape index (κ1) is 25.1. The fourth-order valence-electron chi connectivity index (χ4n) is 4.39. The zero-order valence-corrected chi connectivity index (χ0v) is 20.4. The summed E-state index contributed by atoms with van der Waals surface area (Å²) < 4.78 is 15.8. The van der Waals surface area contributed by atoms with Crippen molar-refractivity contribution in [2.24, 2.45) is 0 Å². The highest BCUT2D eigenvalue weighted by Crippen LogP contribution is 2.36. The molecule has 3 aromatic carbocycles. The van der Waals surface area contributed by atoms with Crippen molar-refractivity contribution in [3.05, 3.63) is 112 Å². The van der Waals surface area contributed by atoms with E-state index >= 15 is 0 Å². The van der Waals surface area contributed by atoms with E-state index in [4.69, 9.17) is 0 Å². The van der Waals surface area contributed by atoms with E-state index < -0.39 is 10.8 Å². The second kappa shape index (κ2) is 11.1. The lowest BCUT2D eigenvalue weighted by atomic mass is 9.88. The van der Waals surface area contributed by atoms with Crippen LogP contribution in [0.5, 0.6) is 0 Å². The zero-order chi connectivity index (χ0) is 25.7. The molecule has 0 fully saturated rings. The van der Waals surface area contributed by atoms with E-state index in [0.717, 1.165) is 22.2 Å². The lowest BCUT2D eigenvalue weighted by Gasteiger charge is -2.18. The summed E-state index contributed by atoms with van der Waals surface area (Å²) in [5.41, 5.74) is 3.46. The van der Waals surface area contributed by atoms with Crippen LogP contribution in [0.3, 0.4) is 0 Å². The monoisotopic (exact) mass is 488 g/mol. The number of aromatic nitrogens is 1. The van der Waals surface area contributed by atoms with Gasteiger partial charge in [0.15, 0.2) is 0 Å². The van der Waals surface area contributed by atoms with Crippen molar-refractivity contribution in [2.75, 3.05) is 27.2 Å². The van der Waals surface area contributed by atoms with Gasteiger partial charge in [0.05, 0.1) is 4.92 Å². The van der Waals surface area contributed by atoms with Crippen molar-refractivity contribution in [2.45, 2.75) is 18.9 Å². The van der Waals surface area contributed by atoms with E-state index in [1.54, 1.807) is 24.3 Å². The summed E-state index contributed by atoms with van der Waals surface area (Å²) in [6, 6.07) is 20.8. The molecule has 0 radical (unpaired) electrons. The normalized spacial score (nSPS) is 12.1. The molecule has 0 aliphatic carbocycles. The molecule has 1 amide bonds. The van der Waals surface area contributed by atoms with Crippen molar-refractivity contribution in [1.82, 2.24) is 14.8 Å². The fraction of sp³-hybridized carbons (Fsp3) is 0.250. The highest BCUT2D eigenvalue weighted by molar-refractivity contribution is 5.88. The fourth-order valence-corrected chi connectivity index (χ4v) is 4.39. The Balaban J connectivity index is 1.79. The summed E-state index contributed by atoms with van der Waals surface area (Å²) in [7, 11) is 3.87. The molecule has 1 aromatic heterocycles. The Bertz CT molecular complexity index is 1350. The van der Waals surface area contributed by atoms with Crippen LogP contribution < -0.4 is 5.32 Å². The van der Waals surface area contributed by atoms with Crippen molar-refractivity contribution in [1.29, 1.82) is 0 Å². The quantitative estimate of drug-likeness (QED) is 0.253. The van der Waals surface area contributed by atoms with Gasteiger partial charge in [-0.25, -0.2) is 4.39 Å². The number of carbonyl (C=O) groups is 1. The Hall–Kier alpha value is -4.04. The number of nitro groups is 1. The average molecular weight is 489 g/mol. The number of halogens is 1. The molecular weight excluding hydrogens is 459 g/mol. The lowest BCUT2D eigenvalue weighted by Crippen LogP contribution is -2.32. The number of non-ortho nitro benzene ring substituents is 1. The molecule has 0 aliphatic rings. The number of nitro benzene ring substituents is 1. The number of nitrogens with zero attached hydrogens (tertiary/aromatic N) is 3. The molecule has 36 heavy (non-hydrogen) atoms. The van der Waals surface area contributed by atoms with Gasteiger partial charge >= 0.3 is 0 Å². The van der Waals surface area contributed by atoms with Gasteiger partial charge in [0.2, 0.25) is 5.91 Å². The topological polar surface area (TPSA) is 80.4 Å². The van der Waals surface area contributed by atoms with Gasteiger partial charge in [-0.15, -0.1) is 0 Å². The molecule has 1 unspecified atom stereocenters. The molecule has 4 rings (SSSR count). The summed E-state index contributed by atoms with van der Waals surface area (Å²) in [4.78, 5) is 26.1. The van der Waals surface area contributed by atoms with Crippen LogP contribution in [-0.2, 0) is 11.3 Å². The first-order chi connectivity index (χ1) is 17.3. The van der Waals surface area contributed by atoms with Gasteiger partial charge in [0.1, 0.15) is 5.82 Å². The molecule has 186 valence electrons. The SMILES string of the molecule is CN(C)CCNC(=O)CC(c1ccc(F)cc1)c1cn(Cc2ccccc2)c2ccc([N+](=O)[O-])cc12. The minimum atomic E-state index is -0.418. The van der Waals surface area contributed by atoms with Crippen LogP contribution in [0.2, 0.25) is 0 Å². The molecule has 0 aliphatic heterocycles. The third-order valence-corrected chi connectivity index (χ3v) is 6.22. The van der Waals surface area contributed by atoms with E-state index in [0.29, 0.717) is 25.0 Å². The highest BCUT2D eigenvalue weighted by Gasteiger charge is 2.24. The summed E-state index contributed by atoms with van der Waals surface area (Å²) in [5.74, 6) is -0.915. The molecule has 0 saturated heterocycles. The van der Waals surface area contributed by atoms with E-state index in [1.807, 2.05) is 60.1 Å².